The predicted octanol–water partition coefficient (Wildman–Crippen LogP) is 3.46. The lowest BCUT2D eigenvalue weighted by atomic mass is 10.1. The third-order valence-corrected chi connectivity index (χ3v) is 4.94. The number of rotatable bonds is 6. The van der Waals surface area contributed by atoms with Crippen LogP contribution in [-0.2, 0) is 13.6 Å². The Bertz CT molecular complexity index is 1200. The zero-order valence-corrected chi connectivity index (χ0v) is 17.1. The highest BCUT2D eigenvalue weighted by molar-refractivity contribution is 5.96. The van der Waals surface area contributed by atoms with Crippen LogP contribution in [0.3, 0.4) is 0 Å². The van der Waals surface area contributed by atoms with Gasteiger partial charge in [-0.1, -0.05) is 11.6 Å². The summed E-state index contributed by atoms with van der Waals surface area (Å²) in [6, 6.07) is 8.17. The fourth-order valence-electron chi connectivity index (χ4n) is 3.55. The molecule has 0 fully saturated rings. The van der Waals surface area contributed by atoms with E-state index in [1.807, 2.05) is 17.8 Å². The van der Waals surface area contributed by atoms with Crippen molar-refractivity contribution >= 4 is 27.6 Å². The van der Waals surface area contributed by atoms with E-state index >= 15 is 0 Å². The Labute approximate surface area is 168 Å². The fourth-order valence-corrected chi connectivity index (χ4v) is 3.55. The van der Waals surface area contributed by atoms with Gasteiger partial charge in [0, 0.05) is 12.4 Å². The summed E-state index contributed by atoms with van der Waals surface area (Å²) in [5.74, 6) is 2.22. The average molecular weight is 393 g/mol. The summed E-state index contributed by atoms with van der Waals surface area (Å²) in [4.78, 5) is 8.81. The van der Waals surface area contributed by atoms with Gasteiger partial charge in [0.15, 0.2) is 11.5 Å². The number of benzene rings is 2. The molecular weight excluding hydrogens is 370 g/mol. The Morgan fingerprint density at radius 2 is 1.76 bits per heavy atom. The maximum Gasteiger partial charge on any atom is 0.205 e. The summed E-state index contributed by atoms with van der Waals surface area (Å²) in [7, 11) is 6.68. The number of anilines is 1. The largest absolute Gasteiger partial charge is 0.493 e. The molecule has 4 rings (SSSR count). The quantitative estimate of drug-likeness (QED) is 0.537. The molecule has 0 aliphatic rings. The standard InChI is InChI=1S/C21H23N5O3/c1-12-6-7-16-13(8-12)15(25-26(16)2)10-22-21-14-9-17(27-3)19(28-4)20(29-5)18(14)23-11-24-21/h6-9,11H,10H2,1-5H3,(H,22,23,24). The first-order valence-corrected chi connectivity index (χ1v) is 9.17. The third-order valence-electron chi connectivity index (χ3n) is 4.94. The second-order valence-electron chi connectivity index (χ2n) is 6.71. The van der Waals surface area contributed by atoms with Crippen LogP contribution in [-0.4, -0.2) is 41.1 Å². The molecule has 2 aromatic carbocycles. The van der Waals surface area contributed by atoms with Crippen molar-refractivity contribution in [3.63, 3.8) is 0 Å². The summed E-state index contributed by atoms with van der Waals surface area (Å²) in [6.07, 6.45) is 1.50. The van der Waals surface area contributed by atoms with E-state index in [1.165, 1.54) is 11.9 Å². The van der Waals surface area contributed by atoms with E-state index in [0.717, 1.165) is 22.0 Å². The second kappa shape index (κ2) is 7.46. The Hall–Kier alpha value is -3.55. The Morgan fingerprint density at radius 1 is 0.966 bits per heavy atom. The Morgan fingerprint density at radius 3 is 2.48 bits per heavy atom. The van der Waals surface area contributed by atoms with Gasteiger partial charge in [0.2, 0.25) is 5.75 Å². The van der Waals surface area contributed by atoms with Crippen LogP contribution in [0.5, 0.6) is 17.2 Å². The van der Waals surface area contributed by atoms with E-state index in [1.54, 1.807) is 21.3 Å². The van der Waals surface area contributed by atoms with Crippen molar-refractivity contribution in [2.45, 2.75) is 13.5 Å². The number of aromatic nitrogens is 4. The van der Waals surface area contributed by atoms with Gasteiger partial charge in [-0.15, -0.1) is 0 Å². The van der Waals surface area contributed by atoms with Gasteiger partial charge in [0.05, 0.1) is 44.5 Å². The van der Waals surface area contributed by atoms with Crippen LogP contribution in [0, 0.1) is 6.92 Å². The molecule has 29 heavy (non-hydrogen) atoms. The van der Waals surface area contributed by atoms with E-state index < -0.39 is 0 Å². The highest BCUT2D eigenvalue weighted by Crippen LogP contribution is 2.43. The van der Waals surface area contributed by atoms with Crippen LogP contribution in [0.25, 0.3) is 21.8 Å². The smallest absolute Gasteiger partial charge is 0.205 e. The molecular formula is C21H23N5O3. The fraction of sp³-hybridized carbons (Fsp3) is 0.286. The molecule has 8 heteroatoms. The van der Waals surface area contributed by atoms with Gasteiger partial charge < -0.3 is 19.5 Å². The van der Waals surface area contributed by atoms with E-state index in [0.29, 0.717) is 35.1 Å². The molecule has 0 unspecified atom stereocenters. The molecule has 0 aliphatic carbocycles. The number of ether oxygens (including phenoxy) is 3. The van der Waals surface area contributed by atoms with Crippen molar-refractivity contribution in [1.82, 2.24) is 19.7 Å². The Kier molecular flexibility index (Phi) is 4.84. The number of hydrogen-bond donors (Lipinski definition) is 1. The van der Waals surface area contributed by atoms with E-state index in [-0.39, 0.29) is 0 Å². The highest BCUT2D eigenvalue weighted by Gasteiger charge is 2.19. The summed E-state index contributed by atoms with van der Waals surface area (Å²) >= 11 is 0. The first-order chi connectivity index (χ1) is 14.1. The molecule has 0 radical (unpaired) electrons. The van der Waals surface area contributed by atoms with E-state index in [4.69, 9.17) is 14.2 Å². The minimum absolute atomic E-state index is 0.498. The monoisotopic (exact) mass is 393 g/mol. The van der Waals surface area contributed by atoms with Crippen LogP contribution in [0.4, 0.5) is 5.82 Å². The minimum Gasteiger partial charge on any atom is -0.493 e. The second-order valence-corrected chi connectivity index (χ2v) is 6.71. The zero-order valence-electron chi connectivity index (χ0n) is 17.1. The van der Waals surface area contributed by atoms with Gasteiger partial charge in [-0.05, 0) is 25.1 Å². The summed E-state index contributed by atoms with van der Waals surface area (Å²) in [6.45, 7) is 2.59. The van der Waals surface area contributed by atoms with Crippen molar-refractivity contribution < 1.29 is 14.2 Å². The van der Waals surface area contributed by atoms with Gasteiger partial charge in [-0.2, -0.15) is 5.10 Å². The molecule has 150 valence electrons. The number of hydrogen-bond acceptors (Lipinski definition) is 7. The molecule has 0 aliphatic heterocycles. The van der Waals surface area contributed by atoms with Crippen LogP contribution in [0.1, 0.15) is 11.3 Å². The molecule has 2 aromatic heterocycles. The van der Waals surface area contributed by atoms with Gasteiger partial charge >= 0.3 is 0 Å². The van der Waals surface area contributed by atoms with Crippen molar-refractivity contribution in [2.24, 2.45) is 7.05 Å². The lowest BCUT2D eigenvalue weighted by Crippen LogP contribution is -2.05. The van der Waals surface area contributed by atoms with Gasteiger partial charge in [-0.3, -0.25) is 4.68 Å². The summed E-state index contributed by atoms with van der Waals surface area (Å²) < 4.78 is 18.4. The van der Waals surface area contributed by atoms with Crippen LogP contribution < -0.4 is 19.5 Å². The van der Waals surface area contributed by atoms with E-state index in [2.05, 4.69) is 45.5 Å². The van der Waals surface area contributed by atoms with Crippen molar-refractivity contribution in [3.8, 4) is 17.2 Å². The van der Waals surface area contributed by atoms with Crippen molar-refractivity contribution in [1.29, 1.82) is 0 Å². The molecule has 0 saturated carbocycles. The van der Waals surface area contributed by atoms with Crippen molar-refractivity contribution in [3.05, 3.63) is 41.9 Å². The topological polar surface area (TPSA) is 83.3 Å². The normalized spacial score (nSPS) is 11.1. The van der Waals surface area contributed by atoms with Crippen LogP contribution >= 0.6 is 0 Å². The molecule has 4 aromatic rings. The zero-order chi connectivity index (χ0) is 20.5. The maximum absolute atomic E-state index is 5.55. The average Bonchev–Trinajstić information content (AvgIpc) is 3.05. The molecule has 2 heterocycles. The number of fused-ring (bicyclic) bond motifs is 2. The van der Waals surface area contributed by atoms with Crippen LogP contribution in [0.15, 0.2) is 30.6 Å². The third kappa shape index (κ3) is 3.16. The van der Waals surface area contributed by atoms with E-state index in [9.17, 15) is 0 Å². The SMILES string of the molecule is COc1cc2c(NCc3nn(C)c4ccc(C)cc34)ncnc2c(OC)c1OC. The number of aryl methyl sites for hydroxylation is 2. The molecule has 0 saturated heterocycles. The summed E-state index contributed by atoms with van der Waals surface area (Å²) in [5.41, 5.74) is 3.88. The molecule has 8 nitrogen and oxygen atoms in total. The first kappa shape index (κ1) is 18.8. The predicted molar refractivity (Wildman–Crippen MR) is 112 cm³/mol. The lowest BCUT2D eigenvalue weighted by molar-refractivity contribution is 0.327. The van der Waals surface area contributed by atoms with Gasteiger partial charge in [0.25, 0.3) is 0 Å². The molecule has 0 amide bonds. The molecule has 0 spiro atoms. The number of nitrogens with one attached hydrogen (secondary N) is 1. The van der Waals surface area contributed by atoms with Crippen molar-refractivity contribution in [2.75, 3.05) is 26.6 Å². The van der Waals surface area contributed by atoms with Gasteiger partial charge in [-0.25, -0.2) is 9.97 Å². The molecule has 1 N–H and O–H groups in total. The maximum atomic E-state index is 5.55. The summed E-state index contributed by atoms with van der Waals surface area (Å²) in [5, 5.41) is 9.95. The highest BCUT2D eigenvalue weighted by atomic mass is 16.5. The van der Waals surface area contributed by atoms with Crippen LogP contribution in [0.2, 0.25) is 0 Å². The Balaban J connectivity index is 1.77. The molecule has 0 atom stereocenters. The first-order valence-electron chi connectivity index (χ1n) is 9.17. The number of methoxy groups -OCH3 is 3. The molecule has 0 bridgehead atoms. The lowest BCUT2D eigenvalue weighted by Gasteiger charge is -2.15. The van der Waals surface area contributed by atoms with Gasteiger partial charge in [0.1, 0.15) is 17.7 Å². The minimum atomic E-state index is 0.498. The number of nitrogens with zero attached hydrogens (tertiary/aromatic N) is 4.